The molecule has 2 aromatic carbocycles. The Hall–Kier alpha value is -5.52. The van der Waals surface area contributed by atoms with Gasteiger partial charge in [0.05, 0.1) is 16.1 Å². The molecule has 292 valence electrons. The SMILES string of the molecule is CC1(C)[C@H](NC(=O)c2ccc(NCCNC3CCN(c4ccc5c(n4)C(=O)N(C4CCC(=O)NC4=O)C5=O)CC3)cc2)C(C)(C)[C@H]1Oc1ccc(C#N)c(Cl)c1. The van der Waals surface area contributed by atoms with Crippen LogP contribution < -0.4 is 30.9 Å². The Morgan fingerprint density at radius 2 is 1.68 bits per heavy atom. The van der Waals surface area contributed by atoms with Crippen molar-refractivity contribution in [2.75, 3.05) is 36.4 Å². The second-order valence-corrected chi connectivity index (χ2v) is 16.4. The molecule has 56 heavy (non-hydrogen) atoms. The van der Waals surface area contributed by atoms with E-state index in [-0.39, 0.29) is 53.0 Å². The lowest BCUT2D eigenvalue weighted by Gasteiger charge is -2.63. The Morgan fingerprint density at radius 3 is 2.34 bits per heavy atom. The first-order valence-corrected chi connectivity index (χ1v) is 19.3. The Labute approximate surface area is 330 Å². The van der Waals surface area contributed by atoms with Crippen molar-refractivity contribution >= 4 is 52.6 Å². The van der Waals surface area contributed by atoms with Crippen molar-refractivity contribution in [3.8, 4) is 11.8 Å². The fraction of sp³-hybridized carbons (Fsp3) is 0.439. The minimum Gasteiger partial charge on any atom is -0.489 e. The average Bonchev–Trinajstić information content (AvgIpc) is 3.42. The molecule has 1 saturated carbocycles. The number of pyridine rings is 1. The molecule has 4 aliphatic rings. The molecular formula is C41H45ClN8O6. The summed E-state index contributed by atoms with van der Waals surface area (Å²) in [7, 11) is 0. The quantitative estimate of drug-likeness (QED) is 0.161. The number of piperidine rings is 2. The number of fused-ring (bicyclic) bond motifs is 1. The summed E-state index contributed by atoms with van der Waals surface area (Å²) >= 11 is 6.23. The number of ether oxygens (including phenoxy) is 1. The van der Waals surface area contributed by atoms with E-state index in [0.29, 0.717) is 53.4 Å². The summed E-state index contributed by atoms with van der Waals surface area (Å²) in [6.45, 7) is 11.1. The number of nitrogens with one attached hydrogen (secondary N) is 4. The number of imide groups is 2. The number of nitrogens with zero attached hydrogens (tertiary/aromatic N) is 4. The Bertz CT molecular complexity index is 2110. The van der Waals surface area contributed by atoms with Crippen molar-refractivity contribution < 1.29 is 28.7 Å². The lowest BCUT2D eigenvalue weighted by atomic mass is 9.49. The van der Waals surface area contributed by atoms with Gasteiger partial charge in [-0.25, -0.2) is 4.98 Å². The van der Waals surface area contributed by atoms with Crippen LogP contribution >= 0.6 is 11.6 Å². The molecule has 4 heterocycles. The largest absolute Gasteiger partial charge is 0.489 e. The average molecular weight is 781 g/mol. The lowest BCUT2D eigenvalue weighted by Crippen LogP contribution is -2.74. The molecule has 3 fully saturated rings. The summed E-state index contributed by atoms with van der Waals surface area (Å²) in [5.74, 6) is -1.20. The van der Waals surface area contributed by atoms with Crippen LogP contribution in [-0.4, -0.2) is 89.8 Å². The zero-order valence-corrected chi connectivity index (χ0v) is 32.5. The molecule has 7 rings (SSSR count). The topological polar surface area (TPSA) is 186 Å². The number of nitriles is 1. The van der Waals surface area contributed by atoms with Gasteiger partial charge in [0.2, 0.25) is 11.8 Å². The molecule has 1 aromatic heterocycles. The number of carbonyl (C=O) groups excluding carboxylic acids is 5. The summed E-state index contributed by atoms with van der Waals surface area (Å²) in [6.07, 6.45) is 1.70. The monoisotopic (exact) mass is 780 g/mol. The van der Waals surface area contributed by atoms with E-state index in [4.69, 9.17) is 16.3 Å². The second-order valence-electron chi connectivity index (χ2n) is 16.0. The summed E-state index contributed by atoms with van der Waals surface area (Å²) in [5, 5.41) is 22.0. The molecule has 14 nitrogen and oxygen atoms in total. The number of hydrogen-bond donors (Lipinski definition) is 4. The molecule has 2 saturated heterocycles. The Balaban J connectivity index is 0.841. The van der Waals surface area contributed by atoms with Crippen molar-refractivity contribution in [1.29, 1.82) is 5.26 Å². The van der Waals surface area contributed by atoms with Gasteiger partial charge < -0.3 is 25.6 Å². The summed E-state index contributed by atoms with van der Waals surface area (Å²) in [6, 6.07) is 17.0. The predicted octanol–water partition coefficient (Wildman–Crippen LogP) is 4.29. The number of aromatic nitrogens is 1. The maximum atomic E-state index is 13.3. The summed E-state index contributed by atoms with van der Waals surface area (Å²) in [5.41, 5.74) is 1.33. The first-order chi connectivity index (χ1) is 26.7. The van der Waals surface area contributed by atoms with E-state index >= 15 is 0 Å². The van der Waals surface area contributed by atoms with Crippen LogP contribution in [-0.2, 0) is 9.59 Å². The second kappa shape index (κ2) is 15.2. The molecular weight excluding hydrogens is 736 g/mol. The van der Waals surface area contributed by atoms with Crippen molar-refractivity contribution in [3.05, 3.63) is 82.0 Å². The standard InChI is InChI=1S/C41H45ClN8O6/c1-40(2)38(41(3,4)39(40)56-27-10-7-24(22-43)29(42)21-27)48-34(52)23-5-8-25(9-6-23)44-17-18-45-26-15-19-49(20-16-26)31-13-11-28-33(46-31)37(55)50(36(28)54)30-12-14-32(51)47-35(30)53/h5-11,13,21,26,30,38-39,44-45H,12,14-20H2,1-4H3,(H,48,52)(H,47,51,53)/t30?,38-,39-. The molecule has 5 amide bonds. The van der Waals surface area contributed by atoms with E-state index in [0.717, 1.165) is 30.0 Å². The van der Waals surface area contributed by atoms with E-state index in [1.165, 1.54) is 0 Å². The lowest BCUT2D eigenvalue weighted by molar-refractivity contribution is -0.164. The smallest absolute Gasteiger partial charge is 0.281 e. The number of amides is 5. The Morgan fingerprint density at radius 1 is 0.964 bits per heavy atom. The highest BCUT2D eigenvalue weighted by atomic mass is 35.5. The number of hydrogen-bond acceptors (Lipinski definition) is 11. The number of benzene rings is 2. The van der Waals surface area contributed by atoms with Crippen LogP contribution in [0.1, 0.15) is 90.1 Å². The van der Waals surface area contributed by atoms with Gasteiger partial charge in [-0.15, -0.1) is 0 Å². The Kier molecular flexibility index (Phi) is 10.5. The fourth-order valence-corrected chi connectivity index (χ4v) is 9.07. The first kappa shape index (κ1) is 38.7. The van der Waals surface area contributed by atoms with Crippen LogP contribution in [0.15, 0.2) is 54.6 Å². The highest BCUT2D eigenvalue weighted by Gasteiger charge is 2.64. The third-order valence-electron chi connectivity index (χ3n) is 11.6. The van der Waals surface area contributed by atoms with Gasteiger partial charge >= 0.3 is 0 Å². The number of halogens is 1. The number of rotatable bonds is 11. The molecule has 1 aliphatic carbocycles. The van der Waals surface area contributed by atoms with Crippen LogP contribution in [0.3, 0.4) is 0 Å². The molecule has 4 N–H and O–H groups in total. The van der Waals surface area contributed by atoms with Gasteiger partial charge in [-0.1, -0.05) is 39.3 Å². The minimum atomic E-state index is -1.02. The molecule has 15 heteroatoms. The normalized spacial score (nSPS) is 22.8. The molecule has 0 radical (unpaired) electrons. The highest BCUT2D eigenvalue weighted by molar-refractivity contribution is 6.31. The van der Waals surface area contributed by atoms with Gasteiger partial charge in [0.25, 0.3) is 17.7 Å². The van der Waals surface area contributed by atoms with Gasteiger partial charge in [0.1, 0.15) is 35.5 Å². The first-order valence-electron chi connectivity index (χ1n) is 18.9. The predicted molar refractivity (Wildman–Crippen MR) is 208 cm³/mol. The van der Waals surface area contributed by atoms with Crippen LogP contribution in [0.4, 0.5) is 11.5 Å². The fourth-order valence-electron chi connectivity index (χ4n) is 8.85. The van der Waals surface area contributed by atoms with Gasteiger partial charge in [-0.3, -0.25) is 34.2 Å². The van der Waals surface area contributed by atoms with E-state index in [1.807, 2.05) is 24.3 Å². The van der Waals surface area contributed by atoms with Crippen molar-refractivity contribution in [3.63, 3.8) is 0 Å². The van der Waals surface area contributed by atoms with Gasteiger partial charge in [-0.2, -0.15) is 5.26 Å². The third kappa shape index (κ3) is 7.29. The summed E-state index contributed by atoms with van der Waals surface area (Å²) in [4.78, 5) is 71.1. The van der Waals surface area contributed by atoms with Gasteiger partial charge in [0.15, 0.2) is 0 Å². The summed E-state index contributed by atoms with van der Waals surface area (Å²) < 4.78 is 6.35. The molecule has 3 aromatic rings. The van der Waals surface area contributed by atoms with Crippen LogP contribution in [0.2, 0.25) is 5.02 Å². The highest BCUT2D eigenvalue weighted by Crippen LogP contribution is 2.55. The van der Waals surface area contributed by atoms with Gasteiger partial charge in [0, 0.05) is 72.8 Å². The number of anilines is 2. The molecule has 0 bridgehead atoms. The zero-order chi connectivity index (χ0) is 39.9. The minimum absolute atomic E-state index is 0.0374. The number of carbonyl (C=O) groups is 5. The third-order valence-corrected chi connectivity index (χ3v) is 11.9. The molecule has 0 spiro atoms. The maximum Gasteiger partial charge on any atom is 0.281 e. The molecule has 3 aliphatic heterocycles. The van der Waals surface area contributed by atoms with Crippen molar-refractivity contribution in [2.24, 2.45) is 10.8 Å². The van der Waals surface area contributed by atoms with Crippen molar-refractivity contribution in [1.82, 2.24) is 25.8 Å². The molecule has 1 unspecified atom stereocenters. The van der Waals surface area contributed by atoms with E-state index in [9.17, 15) is 29.2 Å². The maximum absolute atomic E-state index is 13.3. The zero-order valence-electron chi connectivity index (χ0n) is 31.8. The van der Waals surface area contributed by atoms with Crippen LogP contribution in [0.5, 0.6) is 5.75 Å². The molecule has 1 atom stereocenters. The van der Waals surface area contributed by atoms with Crippen molar-refractivity contribution in [2.45, 2.75) is 77.6 Å². The van der Waals surface area contributed by atoms with Crippen LogP contribution in [0.25, 0.3) is 0 Å². The van der Waals surface area contributed by atoms with E-state index < -0.39 is 29.7 Å². The van der Waals surface area contributed by atoms with E-state index in [2.05, 4.69) is 64.9 Å². The van der Waals surface area contributed by atoms with Gasteiger partial charge in [-0.05, 0) is 67.8 Å². The van der Waals surface area contributed by atoms with Crippen LogP contribution in [0, 0.1) is 22.2 Å². The van der Waals surface area contributed by atoms with E-state index in [1.54, 1.807) is 30.3 Å².